The molecule has 1 rings (SSSR count). The van der Waals surface area contributed by atoms with Crippen LogP contribution < -0.4 is 15.4 Å². The Balaban J connectivity index is 2.24. The van der Waals surface area contributed by atoms with E-state index in [1.807, 2.05) is 0 Å². The molecule has 22 heavy (non-hydrogen) atoms. The molecule has 0 spiro atoms. The second-order valence-electron chi connectivity index (χ2n) is 4.57. The molecular weight excluding hydrogens is 303 g/mol. The number of aromatic nitrogens is 1. The highest BCUT2D eigenvalue weighted by Crippen LogP contribution is 2.14. The van der Waals surface area contributed by atoms with E-state index in [0.29, 0.717) is 5.88 Å². The van der Waals surface area contributed by atoms with E-state index in [9.17, 15) is 18.0 Å². The van der Waals surface area contributed by atoms with Crippen molar-refractivity contribution in [2.75, 3.05) is 20.3 Å². The zero-order chi connectivity index (χ0) is 16.6. The lowest BCUT2D eigenvalue weighted by Crippen LogP contribution is -2.42. The number of hydrogen-bond acceptors (Lipinski definition) is 4. The Morgan fingerprint density at radius 1 is 1.41 bits per heavy atom. The van der Waals surface area contributed by atoms with Crippen molar-refractivity contribution in [1.82, 2.24) is 15.6 Å². The van der Waals surface area contributed by atoms with E-state index in [-0.39, 0.29) is 13.2 Å². The number of alkyl halides is 3. The van der Waals surface area contributed by atoms with E-state index < -0.39 is 24.9 Å². The van der Waals surface area contributed by atoms with Crippen LogP contribution in [0.2, 0.25) is 0 Å². The average Bonchev–Trinajstić information content (AvgIpc) is 2.44. The lowest BCUT2D eigenvalue weighted by Gasteiger charge is -2.15. The second kappa shape index (κ2) is 8.42. The predicted molar refractivity (Wildman–Crippen MR) is 72.5 cm³/mol. The number of carbonyl (C=O) groups is 1. The third kappa shape index (κ3) is 7.67. The van der Waals surface area contributed by atoms with E-state index >= 15 is 0 Å². The number of hydrogen-bond donors (Lipinski definition) is 2. The number of ether oxygens (including phenoxy) is 2. The van der Waals surface area contributed by atoms with Gasteiger partial charge in [-0.3, -0.25) is 0 Å². The van der Waals surface area contributed by atoms with Crippen LogP contribution in [-0.4, -0.2) is 43.6 Å². The number of nitrogens with one attached hydrogen (secondary N) is 2. The minimum atomic E-state index is -4.37. The monoisotopic (exact) mass is 321 g/mol. The molecule has 1 atom stereocenters. The van der Waals surface area contributed by atoms with Gasteiger partial charge in [0.15, 0.2) is 0 Å². The first-order valence-corrected chi connectivity index (χ1v) is 6.48. The number of nitrogens with zero attached hydrogens (tertiary/aromatic N) is 1. The Labute approximate surface area is 126 Å². The summed E-state index contributed by atoms with van der Waals surface area (Å²) in [6.45, 7) is 0.221. The molecule has 1 heterocycles. The van der Waals surface area contributed by atoms with Crippen LogP contribution in [0.25, 0.3) is 0 Å². The van der Waals surface area contributed by atoms with Crippen LogP contribution in [0.4, 0.5) is 18.0 Å². The minimum absolute atomic E-state index is 0.225. The van der Waals surface area contributed by atoms with Crippen molar-refractivity contribution in [3.8, 4) is 5.88 Å². The molecule has 1 unspecified atom stereocenters. The normalized spacial score (nSPS) is 12.6. The summed E-state index contributed by atoms with van der Waals surface area (Å²) < 4.78 is 45.0. The molecule has 0 aliphatic rings. The van der Waals surface area contributed by atoms with Gasteiger partial charge in [0, 0.05) is 18.8 Å². The lowest BCUT2D eigenvalue weighted by atomic mass is 10.3. The van der Waals surface area contributed by atoms with Gasteiger partial charge < -0.3 is 20.1 Å². The smallest absolute Gasteiger partial charge is 0.411 e. The van der Waals surface area contributed by atoms with Gasteiger partial charge in [-0.05, 0) is 12.5 Å². The maximum atomic E-state index is 11.9. The Bertz CT molecular complexity index is 466. The Hall–Kier alpha value is -2.03. The molecule has 0 aliphatic heterocycles. The molecule has 6 nitrogen and oxygen atoms in total. The number of halogens is 3. The van der Waals surface area contributed by atoms with Gasteiger partial charge in [-0.25, -0.2) is 9.78 Å². The third-order valence-electron chi connectivity index (χ3n) is 2.47. The maximum Gasteiger partial charge on any atom is 0.411 e. The van der Waals surface area contributed by atoms with Gasteiger partial charge >= 0.3 is 12.2 Å². The summed E-state index contributed by atoms with van der Waals surface area (Å²) in [7, 11) is 1.50. The summed E-state index contributed by atoms with van der Waals surface area (Å²) in [4.78, 5) is 15.5. The fourth-order valence-corrected chi connectivity index (χ4v) is 1.49. The first-order chi connectivity index (χ1) is 10.3. The zero-order valence-electron chi connectivity index (χ0n) is 12.2. The van der Waals surface area contributed by atoms with Crippen LogP contribution in [0.3, 0.4) is 0 Å². The van der Waals surface area contributed by atoms with E-state index in [4.69, 9.17) is 4.74 Å². The van der Waals surface area contributed by atoms with Crippen LogP contribution in [-0.2, 0) is 11.3 Å². The van der Waals surface area contributed by atoms with Crippen molar-refractivity contribution >= 4 is 6.03 Å². The molecule has 124 valence electrons. The van der Waals surface area contributed by atoms with Crippen LogP contribution in [0.5, 0.6) is 5.88 Å². The summed E-state index contributed by atoms with van der Waals surface area (Å²) in [6, 6.07) is 2.35. The molecule has 0 radical (unpaired) electrons. The number of rotatable bonds is 7. The van der Waals surface area contributed by atoms with Crippen LogP contribution in [0, 0.1) is 0 Å². The van der Waals surface area contributed by atoms with Gasteiger partial charge in [0.05, 0.1) is 19.8 Å². The highest BCUT2D eigenvalue weighted by atomic mass is 19.4. The van der Waals surface area contributed by atoms with Crippen molar-refractivity contribution in [1.29, 1.82) is 0 Å². The van der Waals surface area contributed by atoms with Gasteiger partial charge in [0.1, 0.15) is 6.61 Å². The van der Waals surface area contributed by atoms with Gasteiger partial charge in [0.2, 0.25) is 5.88 Å². The van der Waals surface area contributed by atoms with Gasteiger partial charge in [-0.2, -0.15) is 13.2 Å². The lowest BCUT2D eigenvalue weighted by molar-refractivity contribution is -0.174. The summed E-state index contributed by atoms with van der Waals surface area (Å²) in [6.07, 6.45) is -2.82. The summed E-state index contributed by atoms with van der Waals surface area (Å²) >= 11 is 0. The largest absolute Gasteiger partial charge is 0.481 e. The highest BCUT2D eigenvalue weighted by molar-refractivity contribution is 5.74. The molecular formula is C13H18F3N3O3. The molecule has 0 aromatic carbocycles. The molecule has 0 bridgehead atoms. The Kier molecular flexibility index (Phi) is 6.90. The molecule has 9 heteroatoms. The predicted octanol–water partition coefficient (Wildman–Crippen LogP) is 1.86. The fraction of sp³-hybridized carbons (Fsp3) is 0.538. The number of pyridine rings is 1. The van der Waals surface area contributed by atoms with Crippen molar-refractivity contribution in [2.45, 2.75) is 25.7 Å². The summed E-state index contributed by atoms with van der Waals surface area (Å²) in [5.41, 5.74) is 0.761. The molecule has 1 aromatic rings. The number of urea groups is 1. The van der Waals surface area contributed by atoms with Crippen molar-refractivity contribution in [3.63, 3.8) is 0 Å². The zero-order valence-corrected chi connectivity index (χ0v) is 12.2. The van der Waals surface area contributed by atoms with E-state index in [2.05, 4.69) is 20.4 Å². The van der Waals surface area contributed by atoms with Crippen molar-refractivity contribution < 1.29 is 27.4 Å². The van der Waals surface area contributed by atoms with Crippen LogP contribution in [0.15, 0.2) is 18.3 Å². The topological polar surface area (TPSA) is 72.5 Å². The van der Waals surface area contributed by atoms with Gasteiger partial charge in [-0.1, -0.05) is 6.07 Å². The van der Waals surface area contributed by atoms with Gasteiger partial charge in [0.25, 0.3) is 0 Å². The third-order valence-corrected chi connectivity index (χ3v) is 2.47. The molecule has 2 amide bonds. The number of amides is 2. The average molecular weight is 321 g/mol. The first kappa shape index (κ1) is 18.0. The molecule has 0 saturated carbocycles. The van der Waals surface area contributed by atoms with E-state index in [1.54, 1.807) is 25.3 Å². The fourth-order valence-electron chi connectivity index (χ4n) is 1.49. The quantitative estimate of drug-likeness (QED) is 0.804. The Morgan fingerprint density at radius 3 is 2.68 bits per heavy atom. The molecule has 0 aliphatic carbocycles. The molecule has 1 aromatic heterocycles. The van der Waals surface area contributed by atoms with Crippen LogP contribution >= 0.6 is 0 Å². The number of methoxy groups -OCH3 is 1. The Morgan fingerprint density at radius 2 is 2.14 bits per heavy atom. The van der Waals surface area contributed by atoms with E-state index in [1.165, 1.54) is 7.11 Å². The minimum Gasteiger partial charge on any atom is -0.481 e. The van der Waals surface area contributed by atoms with Crippen molar-refractivity contribution in [3.05, 3.63) is 23.9 Å². The summed E-state index contributed by atoms with van der Waals surface area (Å²) in [5, 5.41) is 5.04. The number of carbonyl (C=O) groups excluding carboxylic acids is 1. The first-order valence-electron chi connectivity index (χ1n) is 6.48. The second-order valence-corrected chi connectivity index (χ2v) is 4.57. The van der Waals surface area contributed by atoms with Crippen molar-refractivity contribution in [2.24, 2.45) is 0 Å². The molecule has 0 saturated heterocycles. The standard InChI is InChI=1S/C13H18F3N3O3/c1-9(7-22-8-13(14,15)16)19-12(20)18-6-10-3-4-11(21-2)17-5-10/h3-5,9H,6-8H2,1-2H3,(H2,18,19,20). The maximum absolute atomic E-state index is 11.9. The van der Waals surface area contributed by atoms with E-state index in [0.717, 1.165) is 5.56 Å². The summed E-state index contributed by atoms with van der Waals surface area (Å²) in [5.74, 6) is 0.462. The van der Waals surface area contributed by atoms with Crippen LogP contribution in [0.1, 0.15) is 12.5 Å². The molecule has 2 N–H and O–H groups in total. The SMILES string of the molecule is COc1ccc(CNC(=O)NC(C)COCC(F)(F)F)cn1. The van der Waals surface area contributed by atoms with Gasteiger partial charge in [-0.15, -0.1) is 0 Å². The molecule has 0 fully saturated rings. The highest BCUT2D eigenvalue weighted by Gasteiger charge is 2.27.